The molecule has 0 spiro atoms. The maximum atomic E-state index is 9.70. The van der Waals surface area contributed by atoms with Gasteiger partial charge in [0.25, 0.3) is 0 Å². The summed E-state index contributed by atoms with van der Waals surface area (Å²) in [6, 6.07) is 21.4. The summed E-state index contributed by atoms with van der Waals surface area (Å²) < 4.78 is 0. The Bertz CT molecular complexity index is 810. The van der Waals surface area contributed by atoms with Gasteiger partial charge < -0.3 is 10.2 Å². The number of phenols is 2. The number of hydrogen-bond acceptors (Lipinski definition) is 4. The first kappa shape index (κ1) is 15.5. The van der Waals surface area contributed by atoms with Gasteiger partial charge in [-0.3, -0.25) is 9.98 Å². The van der Waals surface area contributed by atoms with Crippen molar-refractivity contribution in [2.24, 2.45) is 9.98 Å². The first-order chi connectivity index (χ1) is 11.7. The molecule has 3 aromatic carbocycles. The molecule has 0 aromatic heterocycles. The van der Waals surface area contributed by atoms with Crippen molar-refractivity contribution in [3.63, 3.8) is 0 Å². The molecule has 0 bridgehead atoms. The van der Waals surface area contributed by atoms with Crippen LogP contribution < -0.4 is 0 Å². The van der Waals surface area contributed by atoms with Gasteiger partial charge in [0, 0.05) is 23.6 Å². The lowest BCUT2D eigenvalue weighted by atomic mass is 10.2. The van der Waals surface area contributed by atoms with Crippen LogP contribution in [0.3, 0.4) is 0 Å². The van der Waals surface area contributed by atoms with Crippen LogP contribution in [0.1, 0.15) is 11.1 Å². The summed E-state index contributed by atoms with van der Waals surface area (Å²) >= 11 is 0. The molecular formula is C20H16N2O2. The Labute approximate surface area is 140 Å². The van der Waals surface area contributed by atoms with Crippen LogP contribution in [0.5, 0.6) is 11.5 Å². The fraction of sp³-hybridized carbons (Fsp3) is 0. The number of hydrogen-bond donors (Lipinski definition) is 2. The van der Waals surface area contributed by atoms with Crippen molar-refractivity contribution in [1.29, 1.82) is 0 Å². The van der Waals surface area contributed by atoms with Gasteiger partial charge in [0.2, 0.25) is 0 Å². The van der Waals surface area contributed by atoms with Gasteiger partial charge >= 0.3 is 0 Å². The van der Waals surface area contributed by atoms with Crippen molar-refractivity contribution >= 4 is 23.8 Å². The fourth-order valence-corrected chi connectivity index (χ4v) is 2.11. The van der Waals surface area contributed by atoms with E-state index in [0.717, 1.165) is 11.4 Å². The molecule has 0 radical (unpaired) electrons. The standard InChI is InChI=1S/C20H16N2O2/c23-19-7-3-1-5-15(19)13-21-17-9-11-18(12-10-17)22-14-16-6-2-4-8-20(16)24/h1-14,23-24H. The van der Waals surface area contributed by atoms with Gasteiger partial charge in [-0.15, -0.1) is 0 Å². The number of nitrogens with zero attached hydrogens (tertiary/aromatic N) is 2. The average molecular weight is 316 g/mol. The molecule has 0 saturated carbocycles. The zero-order valence-electron chi connectivity index (χ0n) is 12.9. The molecule has 0 aliphatic carbocycles. The quantitative estimate of drug-likeness (QED) is 0.691. The highest BCUT2D eigenvalue weighted by molar-refractivity contribution is 5.86. The molecule has 3 aromatic rings. The number of aliphatic imine (C=N–C) groups is 2. The van der Waals surface area contributed by atoms with Crippen molar-refractivity contribution in [2.45, 2.75) is 0 Å². The summed E-state index contributed by atoms with van der Waals surface area (Å²) in [5.41, 5.74) is 2.86. The van der Waals surface area contributed by atoms with Gasteiger partial charge in [-0.2, -0.15) is 0 Å². The van der Waals surface area contributed by atoms with E-state index in [1.807, 2.05) is 36.4 Å². The maximum absolute atomic E-state index is 9.70. The van der Waals surface area contributed by atoms with Crippen LogP contribution in [0.2, 0.25) is 0 Å². The highest BCUT2D eigenvalue weighted by atomic mass is 16.3. The van der Waals surface area contributed by atoms with Crippen molar-refractivity contribution in [3.8, 4) is 11.5 Å². The second-order valence-corrected chi connectivity index (χ2v) is 5.15. The first-order valence-electron chi connectivity index (χ1n) is 7.46. The molecular weight excluding hydrogens is 300 g/mol. The van der Waals surface area contributed by atoms with E-state index >= 15 is 0 Å². The maximum Gasteiger partial charge on any atom is 0.124 e. The van der Waals surface area contributed by atoms with Crippen molar-refractivity contribution < 1.29 is 10.2 Å². The predicted molar refractivity (Wildman–Crippen MR) is 97.2 cm³/mol. The Morgan fingerprint density at radius 3 is 1.29 bits per heavy atom. The summed E-state index contributed by atoms with van der Waals surface area (Å²) in [4.78, 5) is 8.67. The predicted octanol–water partition coefficient (Wildman–Crippen LogP) is 4.60. The summed E-state index contributed by atoms with van der Waals surface area (Å²) in [5.74, 6) is 0.398. The molecule has 3 rings (SSSR count). The number of para-hydroxylation sites is 2. The highest BCUT2D eigenvalue weighted by Crippen LogP contribution is 2.21. The van der Waals surface area contributed by atoms with E-state index < -0.39 is 0 Å². The zero-order chi connectivity index (χ0) is 16.8. The summed E-state index contributed by atoms with van der Waals surface area (Å²) in [6.45, 7) is 0. The molecule has 0 aliphatic rings. The van der Waals surface area contributed by atoms with Crippen LogP contribution in [0.25, 0.3) is 0 Å². The monoisotopic (exact) mass is 316 g/mol. The molecule has 0 amide bonds. The third-order valence-electron chi connectivity index (χ3n) is 3.43. The van der Waals surface area contributed by atoms with Gasteiger partial charge in [-0.25, -0.2) is 0 Å². The Morgan fingerprint density at radius 2 is 0.917 bits per heavy atom. The second kappa shape index (κ2) is 7.24. The van der Waals surface area contributed by atoms with Crippen LogP contribution in [0, 0.1) is 0 Å². The molecule has 0 aliphatic heterocycles. The Balaban J connectivity index is 1.72. The topological polar surface area (TPSA) is 65.2 Å². The Kier molecular flexibility index (Phi) is 4.68. The molecule has 2 N–H and O–H groups in total. The zero-order valence-corrected chi connectivity index (χ0v) is 12.9. The summed E-state index contributed by atoms with van der Waals surface area (Å²) in [5, 5.41) is 19.4. The van der Waals surface area contributed by atoms with Crippen molar-refractivity contribution in [2.75, 3.05) is 0 Å². The third-order valence-corrected chi connectivity index (χ3v) is 3.43. The lowest BCUT2D eigenvalue weighted by molar-refractivity contribution is 0.474. The van der Waals surface area contributed by atoms with E-state index in [0.29, 0.717) is 11.1 Å². The van der Waals surface area contributed by atoms with Crippen LogP contribution in [0.4, 0.5) is 11.4 Å². The lowest BCUT2D eigenvalue weighted by Crippen LogP contribution is -1.81. The lowest BCUT2D eigenvalue weighted by Gasteiger charge is -1.99. The van der Waals surface area contributed by atoms with E-state index in [1.54, 1.807) is 48.8 Å². The number of benzene rings is 3. The van der Waals surface area contributed by atoms with Crippen molar-refractivity contribution in [1.82, 2.24) is 0 Å². The minimum Gasteiger partial charge on any atom is -0.507 e. The smallest absolute Gasteiger partial charge is 0.124 e. The Morgan fingerprint density at radius 1 is 0.542 bits per heavy atom. The summed E-state index contributed by atoms with van der Waals surface area (Å²) in [6.07, 6.45) is 3.24. The van der Waals surface area contributed by atoms with E-state index in [2.05, 4.69) is 9.98 Å². The number of rotatable bonds is 4. The first-order valence-corrected chi connectivity index (χ1v) is 7.46. The molecule has 0 atom stereocenters. The largest absolute Gasteiger partial charge is 0.507 e. The van der Waals surface area contributed by atoms with Gasteiger partial charge in [0.05, 0.1) is 11.4 Å². The molecule has 24 heavy (non-hydrogen) atoms. The van der Waals surface area contributed by atoms with Gasteiger partial charge in [-0.1, -0.05) is 24.3 Å². The van der Waals surface area contributed by atoms with Crippen LogP contribution in [0.15, 0.2) is 82.8 Å². The second-order valence-electron chi connectivity index (χ2n) is 5.15. The van der Waals surface area contributed by atoms with E-state index in [-0.39, 0.29) is 11.5 Å². The van der Waals surface area contributed by atoms with Crippen LogP contribution in [-0.2, 0) is 0 Å². The van der Waals surface area contributed by atoms with Gasteiger partial charge in [-0.05, 0) is 48.5 Å². The minimum absolute atomic E-state index is 0.199. The van der Waals surface area contributed by atoms with Crippen LogP contribution in [-0.4, -0.2) is 22.6 Å². The third kappa shape index (κ3) is 3.87. The normalized spacial score (nSPS) is 11.3. The summed E-state index contributed by atoms with van der Waals surface area (Å²) in [7, 11) is 0. The number of aromatic hydroxyl groups is 2. The average Bonchev–Trinajstić information content (AvgIpc) is 2.61. The molecule has 0 fully saturated rings. The molecule has 0 saturated heterocycles. The minimum atomic E-state index is 0.199. The SMILES string of the molecule is Oc1ccccc1C=Nc1ccc(N=Cc2ccccc2O)cc1. The Hall–Kier alpha value is -3.40. The molecule has 4 nitrogen and oxygen atoms in total. The fourth-order valence-electron chi connectivity index (χ4n) is 2.11. The van der Waals surface area contributed by atoms with Gasteiger partial charge in [0.1, 0.15) is 11.5 Å². The van der Waals surface area contributed by atoms with E-state index in [9.17, 15) is 10.2 Å². The highest BCUT2D eigenvalue weighted by Gasteiger charge is 1.97. The van der Waals surface area contributed by atoms with Crippen LogP contribution >= 0.6 is 0 Å². The molecule has 4 heteroatoms. The van der Waals surface area contributed by atoms with E-state index in [1.165, 1.54) is 0 Å². The van der Waals surface area contributed by atoms with Crippen molar-refractivity contribution in [3.05, 3.63) is 83.9 Å². The molecule has 0 heterocycles. The van der Waals surface area contributed by atoms with Gasteiger partial charge in [0.15, 0.2) is 0 Å². The number of phenolic OH excluding ortho intramolecular Hbond substituents is 2. The molecule has 118 valence electrons. The van der Waals surface area contributed by atoms with E-state index in [4.69, 9.17) is 0 Å². The molecule has 0 unspecified atom stereocenters.